The molecule has 5 heteroatoms. The third-order valence-corrected chi connectivity index (χ3v) is 3.89. The minimum atomic E-state index is -0.0896. The molecule has 0 bridgehead atoms. The first kappa shape index (κ1) is 12.9. The summed E-state index contributed by atoms with van der Waals surface area (Å²) in [5.74, 6) is 0.869. The molecule has 0 saturated carbocycles. The third kappa shape index (κ3) is 2.30. The Hall–Kier alpha value is -2.82. The number of imidazole rings is 1. The Labute approximate surface area is 127 Å². The predicted molar refractivity (Wildman–Crippen MR) is 82.9 cm³/mol. The van der Waals surface area contributed by atoms with Crippen LogP contribution >= 0.6 is 0 Å². The number of H-pyrrole nitrogens is 1. The molecule has 0 unspecified atom stereocenters. The summed E-state index contributed by atoms with van der Waals surface area (Å²) in [6, 6.07) is 11.5. The smallest absolute Gasteiger partial charge is 0.251 e. The topological polar surface area (TPSA) is 67.0 Å². The molecular formula is C17H15N3O2. The Kier molecular flexibility index (Phi) is 3.04. The van der Waals surface area contributed by atoms with Gasteiger partial charge in [-0.1, -0.05) is 12.1 Å². The van der Waals surface area contributed by atoms with E-state index in [0.29, 0.717) is 12.1 Å². The summed E-state index contributed by atoms with van der Waals surface area (Å²) < 4.78 is 5.48. The van der Waals surface area contributed by atoms with Gasteiger partial charge < -0.3 is 15.0 Å². The maximum atomic E-state index is 12.2. The van der Waals surface area contributed by atoms with E-state index >= 15 is 0 Å². The molecule has 2 aromatic carbocycles. The minimum Gasteiger partial charge on any atom is -0.493 e. The summed E-state index contributed by atoms with van der Waals surface area (Å²) in [7, 11) is 0. The molecule has 0 fully saturated rings. The minimum absolute atomic E-state index is 0.0896. The Morgan fingerprint density at radius 2 is 2.23 bits per heavy atom. The van der Waals surface area contributed by atoms with E-state index in [1.165, 1.54) is 5.56 Å². The van der Waals surface area contributed by atoms with Crippen LogP contribution in [0.4, 0.5) is 0 Å². The average Bonchev–Trinajstić information content (AvgIpc) is 3.19. The third-order valence-electron chi connectivity index (χ3n) is 3.89. The lowest BCUT2D eigenvalue weighted by Crippen LogP contribution is -2.22. The summed E-state index contributed by atoms with van der Waals surface area (Å²) >= 11 is 0. The van der Waals surface area contributed by atoms with Crippen molar-refractivity contribution < 1.29 is 9.53 Å². The van der Waals surface area contributed by atoms with Crippen LogP contribution in [0.2, 0.25) is 0 Å². The maximum absolute atomic E-state index is 12.2. The summed E-state index contributed by atoms with van der Waals surface area (Å²) in [6.45, 7) is 1.25. The Morgan fingerprint density at radius 1 is 1.27 bits per heavy atom. The molecule has 5 nitrogen and oxygen atoms in total. The van der Waals surface area contributed by atoms with Gasteiger partial charge in [-0.15, -0.1) is 0 Å². The van der Waals surface area contributed by atoms with Gasteiger partial charge in [0.05, 0.1) is 24.0 Å². The Bertz CT molecular complexity index is 854. The molecule has 22 heavy (non-hydrogen) atoms. The van der Waals surface area contributed by atoms with Gasteiger partial charge in [0, 0.05) is 18.5 Å². The standard InChI is InChI=1S/C17H15N3O2/c21-17(13-2-3-14-15(8-13)20-10-19-14)18-9-11-1-4-16-12(7-11)5-6-22-16/h1-4,7-8,10H,5-6,9H2,(H,18,21)(H,19,20). The van der Waals surface area contributed by atoms with Gasteiger partial charge >= 0.3 is 0 Å². The number of fused-ring (bicyclic) bond motifs is 2. The van der Waals surface area contributed by atoms with Gasteiger partial charge in [-0.25, -0.2) is 4.98 Å². The number of aromatic amines is 1. The van der Waals surface area contributed by atoms with E-state index in [1.807, 2.05) is 24.3 Å². The molecule has 3 aromatic rings. The second-order valence-corrected chi connectivity index (χ2v) is 5.36. The number of nitrogens with one attached hydrogen (secondary N) is 2. The highest BCUT2D eigenvalue weighted by molar-refractivity contribution is 5.97. The fourth-order valence-corrected chi connectivity index (χ4v) is 2.71. The second kappa shape index (κ2) is 5.18. The van der Waals surface area contributed by atoms with Crippen molar-refractivity contribution in [1.29, 1.82) is 0 Å². The summed E-state index contributed by atoms with van der Waals surface area (Å²) in [5, 5.41) is 2.95. The average molecular weight is 293 g/mol. The molecule has 4 rings (SSSR count). The molecule has 1 aromatic heterocycles. The zero-order chi connectivity index (χ0) is 14.9. The molecule has 2 heterocycles. The van der Waals surface area contributed by atoms with Crippen molar-refractivity contribution in [3.05, 3.63) is 59.4 Å². The first-order valence-corrected chi connectivity index (χ1v) is 7.25. The number of hydrogen-bond acceptors (Lipinski definition) is 3. The summed E-state index contributed by atoms with van der Waals surface area (Å²) in [4.78, 5) is 19.4. The van der Waals surface area contributed by atoms with Gasteiger partial charge in [0.2, 0.25) is 0 Å². The maximum Gasteiger partial charge on any atom is 0.251 e. The Balaban J connectivity index is 1.47. The zero-order valence-electron chi connectivity index (χ0n) is 11.9. The van der Waals surface area contributed by atoms with Gasteiger partial charge in [0.15, 0.2) is 0 Å². The van der Waals surface area contributed by atoms with Crippen LogP contribution in [0.5, 0.6) is 5.75 Å². The van der Waals surface area contributed by atoms with Crippen molar-refractivity contribution in [2.45, 2.75) is 13.0 Å². The quantitative estimate of drug-likeness (QED) is 0.779. The van der Waals surface area contributed by atoms with Gasteiger partial charge in [-0.3, -0.25) is 4.79 Å². The van der Waals surface area contributed by atoms with Crippen LogP contribution in [0.3, 0.4) is 0 Å². The van der Waals surface area contributed by atoms with Crippen molar-refractivity contribution in [1.82, 2.24) is 15.3 Å². The molecule has 1 aliphatic rings. The molecular weight excluding hydrogens is 278 g/mol. The van der Waals surface area contributed by atoms with E-state index in [2.05, 4.69) is 21.4 Å². The van der Waals surface area contributed by atoms with Crippen LogP contribution in [-0.4, -0.2) is 22.5 Å². The number of nitrogens with zero attached hydrogens (tertiary/aromatic N) is 1. The fraction of sp³-hybridized carbons (Fsp3) is 0.176. The summed E-state index contributed by atoms with van der Waals surface area (Å²) in [6.07, 6.45) is 2.56. The van der Waals surface area contributed by atoms with Crippen molar-refractivity contribution in [2.75, 3.05) is 6.61 Å². The van der Waals surface area contributed by atoms with Crippen molar-refractivity contribution in [3.63, 3.8) is 0 Å². The number of benzene rings is 2. The predicted octanol–water partition coefficient (Wildman–Crippen LogP) is 2.43. The molecule has 2 N–H and O–H groups in total. The molecule has 0 saturated heterocycles. The molecule has 0 radical (unpaired) electrons. The highest BCUT2D eigenvalue weighted by Crippen LogP contribution is 2.25. The number of amides is 1. The van der Waals surface area contributed by atoms with E-state index in [1.54, 1.807) is 12.4 Å². The van der Waals surface area contributed by atoms with Crippen molar-refractivity contribution >= 4 is 16.9 Å². The van der Waals surface area contributed by atoms with Gasteiger partial charge in [-0.2, -0.15) is 0 Å². The summed E-state index contributed by atoms with van der Waals surface area (Å²) in [5.41, 5.74) is 4.64. The van der Waals surface area contributed by atoms with E-state index in [9.17, 15) is 4.79 Å². The number of rotatable bonds is 3. The van der Waals surface area contributed by atoms with Crippen LogP contribution in [-0.2, 0) is 13.0 Å². The van der Waals surface area contributed by atoms with E-state index in [4.69, 9.17) is 4.74 Å². The highest BCUT2D eigenvalue weighted by Gasteiger charge is 2.12. The van der Waals surface area contributed by atoms with Gasteiger partial charge in [0.1, 0.15) is 5.75 Å². The van der Waals surface area contributed by atoms with Crippen LogP contribution in [0.25, 0.3) is 11.0 Å². The zero-order valence-corrected chi connectivity index (χ0v) is 11.9. The van der Waals surface area contributed by atoms with Crippen LogP contribution in [0.15, 0.2) is 42.7 Å². The lowest BCUT2D eigenvalue weighted by molar-refractivity contribution is 0.0951. The van der Waals surface area contributed by atoms with Crippen LogP contribution in [0, 0.1) is 0 Å². The van der Waals surface area contributed by atoms with Crippen LogP contribution < -0.4 is 10.1 Å². The molecule has 1 amide bonds. The second-order valence-electron chi connectivity index (χ2n) is 5.36. The van der Waals surface area contributed by atoms with E-state index in [-0.39, 0.29) is 5.91 Å². The van der Waals surface area contributed by atoms with Crippen molar-refractivity contribution in [3.8, 4) is 5.75 Å². The van der Waals surface area contributed by atoms with E-state index in [0.717, 1.165) is 35.4 Å². The number of hydrogen-bond donors (Lipinski definition) is 2. The van der Waals surface area contributed by atoms with Gasteiger partial charge in [0.25, 0.3) is 5.91 Å². The SMILES string of the molecule is O=C(NCc1ccc2c(c1)CCO2)c1ccc2nc[nH]c2c1. The number of ether oxygens (including phenoxy) is 1. The van der Waals surface area contributed by atoms with E-state index < -0.39 is 0 Å². The number of aromatic nitrogens is 2. The normalized spacial score (nSPS) is 12.9. The molecule has 110 valence electrons. The fourth-order valence-electron chi connectivity index (χ4n) is 2.71. The number of carbonyl (C=O) groups is 1. The highest BCUT2D eigenvalue weighted by atomic mass is 16.5. The lowest BCUT2D eigenvalue weighted by atomic mass is 10.1. The molecule has 0 aliphatic carbocycles. The molecule has 0 spiro atoms. The lowest BCUT2D eigenvalue weighted by Gasteiger charge is -2.07. The number of carbonyl (C=O) groups excluding carboxylic acids is 1. The Morgan fingerprint density at radius 3 is 3.18 bits per heavy atom. The monoisotopic (exact) mass is 293 g/mol. The van der Waals surface area contributed by atoms with Crippen LogP contribution in [0.1, 0.15) is 21.5 Å². The molecule has 1 aliphatic heterocycles. The first-order valence-electron chi connectivity index (χ1n) is 7.25. The molecule has 0 atom stereocenters. The first-order chi connectivity index (χ1) is 10.8. The van der Waals surface area contributed by atoms with Gasteiger partial charge in [-0.05, 0) is 35.4 Å². The van der Waals surface area contributed by atoms with Crippen molar-refractivity contribution in [2.24, 2.45) is 0 Å². The largest absolute Gasteiger partial charge is 0.493 e.